The van der Waals surface area contributed by atoms with Gasteiger partial charge in [-0.3, -0.25) is 10.1 Å². The van der Waals surface area contributed by atoms with Gasteiger partial charge in [0.25, 0.3) is 5.69 Å². The molecule has 110 valence electrons. The molecule has 1 N–H and O–H groups in total. The summed E-state index contributed by atoms with van der Waals surface area (Å²) in [6.07, 6.45) is 2.39. The zero-order chi connectivity index (χ0) is 14.5. The number of nitrogens with zero attached hydrogens (tertiary/aromatic N) is 2. The molecule has 0 aliphatic carbocycles. The first-order valence-corrected chi connectivity index (χ1v) is 7.32. The van der Waals surface area contributed by atoms with E-state index < -0.39 is 0 Å². The van der Waals surface area contributed by atoms with Crippen molar-refractivity contribution in [1.29, 1.82) is 0 Å². The first kappa shape index (κ1) is 14.8. The number of rotatable bonds is 5. The lowest BCUT2D eigenvalue weighted by atomic mass is 9.98. The molecule has 0 amide bonds. The van der Waals surface area contributed by atoms with E-state index in [2.05, 4.69) is 17.1 Å². The fraction of sp³-hybridized carbons (Fsp3) is 0.600. The summed E-state index contributed by atoms with van der Waals surface area (Å²) in [6, 6.07) is 5.35. The van der Waals surface area contributed by atoms with Gasteiger partial charge in [-0.2, -0.15) is 0 Å². The summed E-state index contributed by atoms with van der Waals surface area (Å²) in [4.78, 5) is 13.1. The third-order valence-electron chi connectivity index (χ3n) is 3.93. The van der Waals surface area contributed by atoms with Gasteiger partial charge >= 0.3 is 0 Å². The molecule has 2 rings (SSSR count). The molecule has 1 atom stereocenters. The topological polar surface area (TPSA) is 58.4 Å². The summed E-state index contributed by atoms with van der Waals surface area (Å²) >= 11 is 0. The van der Waals surface area contributed by atoms with E-state index in [-0.39, 0.29) is 10.6 Å². The third-order valence-corrected chi connectivity index (χ3v) is 3.93. The zero-order valence-corrected chi connectivity index (χ0v) is 12.3. The average Bonchev–Trinajstić information content (AvgIpc) is 2.45. The Morgan fingerprint density at radius 3 is 2.90 bits per heavy atom. The maximum absolute atomic E-state index is 11.2. The second kappa shape index (κ2) is 6.70. The van der Waals surface area contributed by atoms with Crippen LogP contribution in [0.5, 0.6) is 0 Å². The molecule has 1 aromatic carbocycles. The van der Waals surface area contributed by atoms with Gasteiger partial charge in [-0.05, 0) is 57.3 Å². The number of nitrogens with one attached hydrogen (secondary N) is 1. The fourth-order valence-corrected chi connectivity index (χ4v) is 2.83. The van der Waals surface area contributed by atoms with E-state index in [4.69, 9.17) is 0 Å². The fourth-order valence-electron chi connectivity index (χ4n) is 2.83. The Labute approximate surface area is 120 Å². The van der Waals surface area contributed by atoms with E-state index in [1.54, 1.807) is 12.1 Å². The van der Waals surface area contributed by atoms with Crippen molar-refractivity contribution in [2.45, 2.75) is 26.7 Å². The predicted molar refractivity (Wildman–Crippen MR) is 81.3 cm³/mol. The summed E-state index contributed by atoms with van der Waals surface area (Å²) in [5.41, 5.74) is 2.02. The normalized spacial score (nSPS) is 18.8. The first-order chi connectivity index (χ1) is 9.61. The highest BCUT2D eigenvalue weighted by Crippen LogP contribution is 2.30. The Hall–Kier alpha value is -1.62. The highest BCUT2D eigenvalue weighted by atomic mass is 16.6. The number of anilines is 1. The van der Waals surface area contributed by atoms with Gasteiger partial charge in [-0.25, -0.2) is 0 Å². The average molecular weight is 277 g/mol. The largest absolute Gasteiger partial charge is 0.366 e. The van der Waals surface area contributed by atoms with Gasteiger partial charge in [-0.1, -0.05) is 6.07 Å². The summed E-state index contributed by atoms with van der Waals surface area (Å²) in [6.45, 7) is 7.81. The number of nitro benzene ring substituents is 1. The summed E-state index contributed by atoms with van der Waals surface area (Å²) in [5.74, 6) is 0.573. The Morgan fingerprint density at radius 2 is 2.30 bits per heavy atom. The van der Waals surface area contributed by atoms with Gasteiger partial charge in [0.05, 0.1) is 4.92 Å². The van der Waals surface area contributed by atoms with Gasteiger partial charge in [0.15, 0.2) is 0 Å². The second-order valence-electron chi connectivity index (χ2n) is 5.50. The molecular weight excluding hydrogens is 254 g/mol. The smallest absolute Gasteiger partial charge is 0.292 e. The van der Waals surface area contributed by atoms with Gasteiger partial charge in [0.1, 0.15) is 5.69 Å². The lowest BCUT2D eigenvalue weighted by Gasteiger charge is -2.30. The molecule has 20 heavy (non-hydrogen) atoms. The van der Waals surface area contributed by atoms with Crippen LogP contribution in [0.25, 0.3) is 0 Å². The molecule has 1 aliphatic heterocycles. The highest BCUT2D eigenvalue weighted by molar-refractivity contribution is 5.64. The van der Waals surface area contributed by atoms with Crippen LogP contribution >= 0.6 is 0 Å². The van der Waals surface area contributed by atoms with Crippen LogP contribution < -0.4 is 10.2 Å². The van der Waals surface area contributed by atoms with Gasteiger partial charge in [0, 0.05) is 19.2 Å². The zero-order valence-electron chi connectivity index (χ0n) is 12.3. The molecule has 1 unspecified atom stereocenters. The van der Waals surface area contributed by atoms with Crippen LogP contribution in [0, 0.1) is 23.0 Å². The minimum atomic E-state index is -0.281. The van der Waals surface area contributed by atoms with Crippen molar-refractivity contribution in [3.63, 3.8) is 0 Å². The lowest BCUT2D eigenvalue weighted by Crippen LogP contribution is -2.38. The molecule has 1 aliphatic rings. The van der Waals surface area contributed by atoms with Gasteiger partial charge < -0.3 is 10.2 Å². The van der Waals surface area contributed by atoms with E-state index in [0.29, 0.717) is 5.92 Å². The SMILES string of the molecule is CCN(CC1CCCNC1)c1cc(C)ccc1[N+](=O)[O-]. The maximum Gasteiger partial charge on any atom is 0.292 e. The van der Waals surface area contributed by atoms with E-state index in [9.17, 15) is 10.1 Å². The second-order valence-corrected chi connectivity index (χ2v) is 5.50. The minimum Gasteiger partial charge on any atom is -0.366 e. The molecule has 0 bridgehead atoms. The van der Waals surface area contributed by atoms with E-state index in [1.807, 2.05) is 13.0 Å². The number of hydrogen-bond donors (Lipinski definition) is 1. The monoisotopic (exact) mass is 277 g/mol. The number of piperidine rings is 1. The molecular formula is C15H23N3O2. The number of aryl methyl sites for hydroxylation is 1. The van der Waals surface area contributed by atoms with Crippen LogP contribution in [0.4, 0.5) is 11.4 Å². The molecule has 1 fully saturated rings. The molecule has 5 nitrogen and oxygen atoms in total. The van der Waals surface area contributed by atoms with Crippen LogP contribution in [0.3, 0.4) is 0 Å². The summed E-state index contributed by atoms with van der Waals surface area (Å²) < 4.78 is 0. The lowest BCUT2D eigenvalue weighted by molar-refractivity contribution is -0.384. The summed E-state index contributed by atoms with van der Waals surface area (Å²) in [7, 11) is 0. The maximum atomic E-state index is 11.2. The van der Waals surface area contributed by atoms with Crippen molar-refractivity contribution in [3.05, 3.63) is 33.9 Å². The predicted octanol–water partition coefficient (Wildman–Crippen LogP) is 2.73. The third kappa shape index (κ3) is 3.48. The van der Waals surface area contributed by atoms with Crippen molar-refractivity contribution >= 4 is 11.4 Å². The van der Waals surface area contributed by atoms with Crippen LogP contribution in [0.1, 0.15) is 25.3 Å². The first-order valence-electron chi connectivity index (χ1n) is 7.32. The highest BCUT2D eigenvalue weighted by Gasteiger charge is 2.22. The quantitative estimate of drug-likeness (QED) is 0.664. The standard InChI is InChI=1S/C15H23N3O2/c1-3-17(11-13-5-4-8-16-10-13)15-9-12(2)6-7-14(15)18(19)20/h6-7,9,13,16H,3-5,8,10-11H2,1-2H3. The minimum absolute atomic E-state index is 0.209. The van der Waals surface area contributed by atoms with Crippen molar-refractivity contribution in [3.8, 4) is 0 Å². The summed E-state index contributed by atoms with van der Waals surface area (Å²) in [5, 5.41) is 14.6. The van der Waals surface area contributed by atoms with Crippen LogP contribution in [0.15, 0.2) is 18.2 Å². The Bertz CT molecular complexity index is 470. The Kier molecular flexibility index (Phi) is 4.95. The van der Waals surface area contributed by atoms with Crippen molar-refractivity contribution in [2.24, 2.45) is 5.92 Å². The van der Waals surface area contributed by atoms with Crippen LogP contribution in [-0.4, -0.2) is 31.1 Å². The molecule has 1 heterocycles. The molecule has 0 radical (unpaired) electrons. The van der Waals surface area contributed by atoms with Gasteiger partial charge in [-0.15, -0.1) is 0 Å². The molecule has 5 heteroatoms. The van der Waals surface area contributed by atoms with Crippen molar-refractivity contribution < 1.29 is 4.92 Å². The van der Waals surface area contributed by atoms with E-state index in [1.165, 1.54) is 12.8 Å². The van der Waals surface area contributed by atoms with E-state index in [0.717, 1.165) is 37.4 Å². The Balaban J connectivity index is 2.21. The molecule has 0 spiro atoms. The van der Waals surface area contributed by atoms with Crippen molar-refractivity contribution in [2.75, 3.05) is 31.1 Å². The van der Waals surface area contributed by atoms with Crippen LogP contribution in [-0.2, 0) is 0 Å². The molecule has 1 saturated heterocycles. The number of nitro groups is 1. The Morgan fingerprint density at radius 1 is 1.50 bits per heavy atom. The number of hydrogen-bond acceptors (Lipinski definition) is 4. The number of benzene rings is 1. The van der Waals surface area contributed by atoms with Crippen molar-refractivity contribution in [1.82, 2.24) is 5.32 Å². The molecule has 0 saturated carbocycles. The molecule has 1 aromatic rings. The van der Waals surface area contributed by atoms with Crippen LogP contribution in [0.2, 0.25) is 0 Å². The molecule has 0 aromatic heterocycles. The van der Waals surface area contributed by atoms with E-state index >= 15 is 0 Å². The van der Waals surface area contributed by atoms with Gasteiger partial charge in [0.2, 0.25) is 0 Å².